The Morgan fingerprint density at radius 3 is 2.67 bits per heavy atom. The topological polar surface area (TPSA) is 148 Å². The van der Waals surface area contributed by atoms with Gasteiger partial charge in [-0.05, 0) is 31.5 Å². The van der Waals surface area contributed by atoms with Crippen LogP contribution in [0.25, 0.3) is 0 Å². The number of hydrogen-bond donors (Lipinski definition) is 3. The lowest BCUT2D eigenvalue weighted by atomic mass is 10.1. The molecule has 0 unspecified atom stereocenters. The number of aromatic nitrogens is 1. The number of pyridine rings is 1. The van der Waals surface area contributed by atoms with E-state index in [1.807, 2.05) is 6.07 Å². The molecule has 0 bridgehead atoms. The highest BCUT2D eigenvalue weighted by molar-refractivity contribution is 9.10. The Bertz CT molecular complexity index is 1020. The first kappa shape index (κ1) is 20.3. The summed E-state index contributed by atoms with van der Waals surface area (Å²) in [7, 11) is 0. The van der Waals surface area contributed by atoms with Crippen LogP contribution in [-0.2, 0) is 6.54 Å². The predicted molar refractivity (Wildman–Crippen MR) is 98.8 cm³/mol. The van der Waals surface area contributed by atoms with Gasteiger partial charge in [0.15, 0.2) is 5.69 Å². The van der Waals surface area contributed by atoms with Crippen molar-refractivity contribution in [2.45, 2.75) is 19.9 Å². The van der Waals surface area contributed by atoms with Gasteiger partial charge in [0.1, 0.15) is 17.3 Å². The van der Waals surface area contributed by atoms with Crippen molar-refractivity contribution in [3.63, 3.8) is 0 Å². The Balaban J connectivity index is 2.63. The Kier molecular flexibility index (Phi) is 6.44. The molecule has 0 atom stereocenters. The van der Waals surface area contributed by atoms with Crippen molar-refractivity contribution >= 4 is 33.3 Å². The van der Waals surface area contributed by atoms with Gasteiger partial charge in [-0.2, -0.15) is 5.26 Å². The minimum absolute atomic E-state index is 0.0166. The van der Waals surface area contributed by atoms with Gasteiger partial charge in [-0.1, -0.05) is 15.9 Å². The third-order valence-electron chi connectivity index (χ3n) is 3.76. The molecule has 2 aromatic rings. The summed E-state index contributed by atoms with van der Waals surface area (Å²) >= 11 is 3.17. The van der Waals surface area contributed by atoms with Crippen molar-refractivity contribution in [1.29, 1.82) is 5.26 Å². The second kappa shape index (κ2) is 8.57. The van der Waals surface area contributed by atoms with Crippen LogP contribution in [-0.4, -0.2) is 32.5 Å². The van der Waals surface area contributed by atoms with Gasteiger partial charge in [0.2, 0.25) is 5.88 Å². The van der Waals surface area contributed by atoms with E-state index in [2.05, 4.69) is 26.2 Å². The SMILES string of the molecule is Cc1c(C#N)c(O)n(CCCO)c(=O)c1N=Nc1ccc(Br)cc1C(=O)O. The fourth-order valence-corrected chi connectivity index (χ4v) is 2.73. The number of carbonyl (C=O) groups is 1. The lowest BCUT2D eigenvalue weighted by Gasteiger charge is -2.12. The van der Waals surface area contributed by atoms with Crippen molar-refractivity contribution in [2.24, 2.45) is 10.2 Å². The van der Waals surface area contributed by atoms with Crippen LogP contribution in [0.2, 0.25) is 0 Å². The van der Waals surface area contributed by atoms with Crippen LogP contribution in [0.15, 0.2) is 37.7 Å². The monoisotopic (exact) mass is 434 g/mol. The zero-order chi connectivity index (χ0) is 20.1. The summed E-state index contributed by atoms with van der Waals surface area (Å²) in [6.45, 7) is 1.21. The highest BCUT2D eigenvalue weighted by Crippen LogP contribution is 2.29. The summed E-state index contributed by atoms with van der Waals surface area (Å²) in [4.78, 5) is 24.0. The minimum atomic E-state index is -1.22. The predicted octanol–water partition coefficient (Wildman–Crippen LogP) is 2.99. The van der Waals surface area contributed by atoms with E-state index >= 15 is 0 Å². The fourth-order valence-electron chi connectivity index (χ4n) is 2.36. The quantitative estimate of drug-likeness (QED) is 0.594. The number of nitrogens with zero attached hydrogens (tertiary/aromatic N) is 4. The number of carboxylic acids is 1. The van der Waals surface area contributed by atoms with Crippen LogP contribution in [0.5, 0.6) is 5.88 Å². The zero-order valence-corrected chi connectivity index (χ0v) is 15.8. The standard InChI is InChI=1S/C17H15BrN4O5/c1-9-12(8-19)15(24)22(5-2-6-23)16(25)14(9)21-20-13-4-3-10(18)7-11(13)17(26)27/h3-4,7,23-24H,2,5-6H2,1H3,(H,26,27). The molecule has 0 aliphatic carbocycles. The number of aliphatic hydroxyl groups is 1. The van der Waals surface area contributed by atoms with Crippen LogP contribution >= 0.6 is 15.9 Å². The summed E-state index contributed by atoms with van der Waals surface area (Å²) in [5.74, 6) is -1.73. The Morgan fingerprint density at radius 2 is 2.07 bits per heavy atom. The lowest BCUT2D eigenvalue weighted by molar-refractivity contribution is 0.0697. The molecule has 10 heteroatoms. The third kappa shape index (κ3) is 4.21. The molecular formula is C17H15BrN4O5. The first-order valence-electron chi connectivity index (χ1n) is 7.73. The summed E-state index contributed by atoms with van der Waals surface area (Å²) in [6.07, 6.45) is 0.188. The maximum absolute atomic E-state index is 12.6. The average Bonchev–Trinajstić information content (AvgIpc) is 2.62. The molecule has 0 saturated heterocycles. The highest BCUT2D eigenvalue weighted by Gasteiger charge is 2.19. The van der Waals surface area contributed by atoms with Crippen LogP contribution in [0.4, 0.5) is 11.4 Å². The van der Waals surface area contributed by atoms with E-state index in [0.717, 1.165) is 4.57 Å². The largest absolute Gasteiger partial charge is 0.493 e. The molecule has 0 saturated carbocycles. The van der Waals surface area contributed by atoms with Gasteiger partial charge < -0.3 is 15.3 Å². The van der Waals surface area contributed by atoms with Crippen molar-refractivity contribution in [3.8, 4) is 11.9 Å². The van der Waals surface area contributed by atoms with Gasteiger partial charge in [-0.25, -0.2) is 4.79 Å². The van der Waals surface area contributed by atoms with Crippen molar-refractivity contribution in [3.05, 3.63) is 49.7 Å². The van der Waals surface area contributed by atoms with Gasteiger partial charge in [0.05, 0.1) is 5.56 Å². The normalized spacial score (nSPS) is 10.9. The van der Waals surface area contributed by atoms with Crippen molar-refractivity contribution < 1.29 is 20.1 Å². The van der Waals surface area contributed by atoms with E-state index in [1.165, 1.54) is 19.1 Å². The first-order chi connectivity index (χ1) is 12.8. The number of benzene rings is 1. The molecule has 0 radical (unpaired) electrons. The van der Waals surface area contributed by atoms with E-state index in [1.54, 1.807) is 6.07 Å². The minimum Gasteiger partial charge on any atom is -0.493 e. The number of carboxylic acid groups (broad SMARTS) is 1. The van der Waals surface area contributed by atoms with E-state index < -0.39 is 17.4 Å². The average molecular weight is 435 g/mol. The Labute approximate surface area is 162 Å². The number of aliphatic hydroxyl groups excluding tert-OH is 1. The molecule has 1 heterocycles. The van der Waals surface area contributed by atoms with Crippen LogP contribution < -0.4 is 5.56 Å². The summed E-state index contributed by atoms with van der Waals surface area (Å²) < 4.78 is 1.47. The maximum Gasteiger partial charge on any atom is 0.338 e. The molecule has 2 rings (SSSR count). The summed E-state index contributed by atoms with van der Waals surface area (Å²) in [6, 6.07) is 6.15. The molecule has 0 fully saturated rings. The maximum atomic E-state index is 12.6. The molecule has 0 aliphatic heterocycles. The molecule has 27 heavy (non-hydrogen) atoms. The summed E-state index contributed by atoms with van der Waals surface area (Å²) in [5.41, 5.74) is -1.01. The zero-order valence-electron chi connectivity index (χ0n) is 14.2. The number of azo groups is 1. The molecular weight excluding hydrogens is 420 g/mol. The molecule has 140 valence electrons. The van der Waals surface area contributed by atoms with Gasteiger partial charge in [-0.3, -0.25) is 9.36 Å². The molecule has 0 aliphatic rings. The number of aromatic carboxylic acids is 1. The van der Waals surface area contributed by atoms with E-state index in [-0.39, 0.29) is 47.6 Å². The van der Waals surface area contributed by atoms with E-state index in [0.29, 0.717) is 4.47 Å². The van der Waals surface area contributed by atoms with Gasteiger partial charge in [0.25, 0.3) is 5.56 Å². The highest BCUT2D eigenvalue weighted by atomic mass is 79.9. The number of nitriles is 1. The first-order valence-corrected chi connectivity index (χ1v) is 8.53. The third-order valence-corrected chi connectivity index (χ3v) is 4.25. The van der Waals surface area contributed by atoms with Crippen LogP contribution in [0.3, 0.4) is 0 Å². The van der Waals surface area contributed by atoms with Gasteiger partial charge in [-0.15, -0.1) is 10.2 Å². The summed E-state index contributed by atoms with van der Waals surface area (Å²) in [5, 5.41) is 45.3. The van der Waals surface area contributed by atoms with Crippen molar-refractivity contribution in [2.75, 3.05) is 6.61 Å². The van der Waals surface area contributed by atoms with Crippen LogP contribution in [0.1, 0.15) is 27.9 Å². The molecule has 3 N–H and O–H groups in total. The van der Waals surface area contributed by atoms with Crippen LogP contribution in [0, 0.1) is 18.3 Å². The smallest absolute Gasteiger partial charge is 0.338 e. The molecule has 0 amide bonds. The van der Waals surface area contributed by atoms with Crippen molar-refractivity contribution in [1.82, 2.24) is 4.57 Å². The molecule has 9 nitrogen and oxygen atoms in total. The van der Waals surface area contributed by atoms with E-state index in [9.17, 15) is 25.1 Å². The second-order valence-corrected chi connectivity index (χ2v) is 6.40. The molecule has 0 spiro atoms. The fraction of sp³-hybridized carbons (Fsp3) is 0.235. The second-order valence-electron chi connectivity index (χ2n) is 5.48. The lowest BCUT2D eigenvalue weighted by Crippen LogP contribution is -2.22. The Morgan fingerprint density at radius 1 is 1.37 bits per heavy atom. The number of aromatic hydroxyl groups is 1. The number of halogens is 1. The van der Waals surface area contributed by atoms with Gasteiger partial charge in [0, 0.05) is 23.2 Å². The number of rotatable bonds is 6. The number of hydrogen-bond acceptors (Lipinski definition) is 7. The van der Waals surface area contributed by atoms with Gasteiger partial charge >= 0.3 is 5.97 Å². The molecule has 1 aromatic heterocycles. The molecule has 1 aromatic carbocycles. The van der Waals surface area contributed by atoms with E-state index in [4.69, 9.17) is 5.11 Å². The Hall–Kier alpha value is -3.03.